The summed E-state index contributed by atoms with van der Waals surface area (Å²) in [7, 11) is 0. The molecule has 3 amide bonds. The molecule has 0 aromatic heterocycles. The molecule has 1 aromatic carbocycles. The Morgan fingerprint density at radius 3 is 2.59 bits per heavy atom. The Kier molecular flexibility index (Phi) is 5.52. The zero-order valence-corrected chi connectivity index (χ0v) is 12.7. The number of nitrogens with one attached hydrogen (secondary N) is 1. The van der Waals surface area contributed by atoms with Crippen LogP contribution in [0.3, 0.4) is 0 Å². The highest BCUT2D eigenvalue weighted by molar-refractivity contribution is 5.85. The molecule has 0 saturated carbocycles. The van der Waals surface area contributed by atoms with Crippen LogP contribution in [0.15, 0.2) is 24.3 Å². The molecule has 6 nitrogen and oxygen atoms in total. The summed E-state index contributed by atoms with van der Waals surface area (Å²) in [6.07, 6.45) is 1.07. The van der Waals surface area contributed by atoms with E-state index >= 15 is 0 Å². The zero-order valence-electron chi connectivity index (χ0n) is 12.7. The van der Waals surface area contributed by atoms with Crippen LogP contribution >= 0.6 is 0 Å². The summed E-state index contributed by atoms with van der Waals surface area (Å²) >= 11 is 0. The molecule has 1 aliphatic rings. The molecule has 6 heteroatoms. The average Bonchev–Trinajstić information content (AvgIpc) is 2.52. The summed E-state index contributed by atoms with van der Waals surface area (Å²) in [5.41, 5.74) is 2.04. The Labute approximate surface area is 130 Å². The average molecular weight is 303 g/mol. The van der Waals surface area contributed by atoms with Crippen LogP contribution in [-0.2, 0) is 20.8 Å². The highest BCUT2D eigenvalue weighted by atomic mass is 16.2. The molecule has 0 atom stereocenters. The van der Waals surface area contributed by atoms with Gasteiger partial charge in [0.25, 0.3) is 0 Å². The number of aryl methyl sites for hydroxylation is 1. The molecule has 0 unspecified atom stereocenters. The van der Waals surface area contributed by atoms with E-state index in [0.717, 1.165) is 17.5 Å². The first-order valence-electron chi connectivity index (χ1n) is 7.38. The van der Waals surface area contributed by atoms with Crippen LogP contribution in [0.25, 0.3) is 0 Å². The Hall–Kier alpha value is -2.37. The van der Waals surface area contributed by atoms with Crippen molar-refractivity contribution in [1.82, 2.24) is 15.1 Å². The smallest absolute Gasteiger partial charge is 0.242 e. The number of piperazine rings is 1. The number of carbonyl (C=O) groups is 3. The molecule has 1 aliphatic heterocycles. The Morgan fingerprint density at radius 2 is 1.95 bits per heavy atom. The maximum absolute atomic E-state index is 12.0. The number of hydrogen-bond acceptors (Lipinski definition) is 3. The van der Waals surface area contributed by atoms with E-state index in [-0.39, 0.29) is 24.8 Å². The van der Waals surface area contributed by atoms with Crippen LogP contribution in [0.1, 0.15) is 11.1 Å². The fourth-order valence-corrected chi connectivity index (χ4v) is 2.43. The summed E-state index contributed by atoms with van der Waals surface area (Å²) in [5, 5.41) is 2.66. The van der Waals surface area contributed by atoms with Crippen LogP contribution in [0, 0.1) is 6.92 Å². The second-order valence-corrected chi connectivity index (χ2v) is 5.46. The standard InChI is InChI=1S/C16H21N3O3/c1-13-3-2-4-14(9-13)10-15(21)17-11-16(22)19-7-5-18(12-20)6-8-19/h2-4,9,12H,5-8,10-11H2,1H3,(H,17,21). The first-order chi connectivity index (χ1) is 10.6. The van der Waals surface area contributed by atoms with Crippen LogP contribution in [-0.4, -0.2) is 60.7 Å². The van der Waals surface area contributed by atoms with Crippen molar-refractivity contribution in [2.45, 2.75) is 13.3 Å². The first-order valence-corrected chi connectivity index (χ1v) is 7.38. The molecular formula is C16H21N3O3. The van der Waals surface area contributed by atoms with Gasteiger partial charge in [-0.05, 0) is 12.5 Å². The maximum Gasteiger partial charge on any atom is 0.242 e. The summed E-state index contributed by atoms with van der Waals surface area (Å²) in [6, 6.07) is 7.74. The quantitative estimate of drug-likeness (QED) is 0.776. The molecule has 2 rings (SSSR count). The Bertz CT molecular complexity index is 551. The lowest BCUT2D eigenvalue weighted by Gasteiger charge is -2.32. The third-order valence-corrected chi connectivity index (χ3v) is 3.70. The Balaban J connectivity index is 1.74. The molecule has 1 fully saturated rings. The molecule has 22 heavy (non-hydrogen) atoms. The van der Waals surface area contributed by atoms with Gasteiger partial charge in [-0.3, -0.25) is 14.4 Å². The van der Waals surface area contributed by atoms with Crippen molar-refractivity contribution in [2.75, 3.05) is 32.7 Å². The van der Waals surface area contributed by atoms with Crippen molar-refractivity contribution < 1.29 is 14.4 Å². The van der Waals surface area contributed by atoms with E-state index in [1.54, 1.807) is 9.80 Å². The minimum Gasteiger partial charge on any atom is -0.347 e. The number of hydrogen-bond donors (Lipinski definition) is 1. The van der Waals surface area contributed by atoms with Crippen molar-refractivity contribution in [2.24, 2.45) is 0 Å². The summed E-state index contributed by atoms with van der Waals surface area (Å²) in [6.45, 7) is 4.12. The minimum absolute atomic E-state index is 0.00569. The van der Waals surface area contributed by atoms with Crippen LogP contribution < -0.4 is 5.32 Å². The van der Waals surface area contributed by atoms with E-state index in [0.29, 0.717) is 26.2 Å². The van der Waals surface area contributed by atoms with Gasteiger partial charge in [0.2, 0.25) is 18.2 Å². The monoisotopic (exact) mass is 303 g/mol. The molecule has 1 N–H and O–H groups in total. The van der Waals surface area contributed by atoms with Gasteiger partial charge in [-0.15, -0.1) is 0 Å². The molecule has 0 spiro atoms. The van der Waals surface area contributed by atoms with E-state index in [9.17, 15) is 14.4 Å². The topological polar surface area (TPSA) is 69.7 Å². The zero-order chi connectivity index (χ0) is 15.9. The van der Waals surface area contributed by atoms with E-state index in [1.807, 2.05) is 31.2 Å². The van der Waals surface area contributed by atoms with Crippen molar-refractivity contribution in [3.05, 3.63) is 35.4 Å². The fourth-order valence-electron chi connectivity index (χ4n) is 2.43. The third-order valence-electron chi connectivity index (χ3n) is 3.70. The molecule has 1 saturated heterocycles. The summed E-state index contributed by atoms with van der Waals surface area (Å²) < 4.78 is 0. The lowest BCUT2D eigenvalue weighted by atomic mass is 10.1. The molecule has 0 aliphatic carbocycles. The second-order valence-electron chi connectivity index (χ2n) is 5.46. The molecule has 118 valence electrons. The molecular weight excluding hydrogens is 282 g/mol. The van der Waals surface area contributed by atoms with Gasteiger partial charge in [-0.25, -0.2) is 0 Å². The van der Waals surface area contributed by atoms with E-state index < -0.39 is 0 Å². The molecule has 0 radical (unpaired) electrons. The highest BCUT2D eigenvalue weighted by Gasteiger charge is 2.20. The van der Waals surface area contributed by atoms with Gasteiger partial charge in [-0.1, -0.05) is 29.8 Å². The van der Waals surface area contributed by atoms with Gasteiger partial charge in [0.1, 0.15) is 0 Å². The van der Waals surface area contributed by atoms with Gasteiger partial charge < -0.3 is 15.1 Å². The van der Waals surface area contributed by atoms with Crippen molar-refractivity contribution in [3.63, 3.8) is 0 Å². The normalized spacial score (nSPS) is 14.6. The van der Waals surface area contributed by atoms with Gasteiger partial charge in [0.05, 0.1) is 13.0 Å². The lowest BCUT2D eigenvalue weighted by molar-refractivity contribution is -0.135. The van der Waals surface area contributed by atoms with Crippen molar-refractivity contribution >= 4 is 18.2 Å². The largest absolute Gasteiger partial charge is 0.347 e. The number of carbonyl (C=O) groups excluding carboxylic acids is 3. The number of nitrogens with zero attached hydrogens (tertiary/aromatic N) is 2. The van der Waals surface area contributed by atoms with Gasteiger partial charge in [-0.2, -0.15) is 0 Å². The van der Waals surface area contributed by atoms with Crippen LogP contribution in [0.2, 0.25) is 0 Å². The van der Waals surface area contributed by atoms with Gasteiger partial charge >= 0.3 is 0 Å². The van der Waals surface area contributed by atoms with Crippen LogP contribution in [0.5, 0.6) is 0 Å². The van der Waals surface area contributed by atoms with Crippen molar-refractivity contribution in [1.29, 1.82) is 0 Å². The van der Waals surface area contributed by atoms with Crippen molar-refractivity contribution in [3.8, 4) is 0 Å². The summed E-state index contributed by atoms with van der Waals surface area (Å²) in [4.78, 5) is 37.8. The SMILES string of the molecule is Cc1cccc(CC(=O)NCC(=O)N2CCN(C=O)CC2)c1. The van der Waals surface area contributed by atoms with Gasteiger partial charge in [0, 0.05) is 26.2 Å². The number of benzene rings is 1. The maximum atomic E-state index is 12.0. The number of amides is 3. The summed E-state index contributed by atoms with van der Waals surface area (Å²) in [5.74, 6) is -0.270. The first kappa shape index (κ1) is 16.0. The van der Waals surface area contributed by atoms with Gasteiger partial charge in [0.15, 0.2) is 0 Å². The fraction of sp³-hybridized carbons (Fsp3) is 0.438. The van der Waals surface area contributed by atoms with E-state index in [2.05, 4.69) is 5.32 Å². The van der Waals surface area contributed by atoms with Crippen LogP contribution in [0.4, 0.5) is 0 Å². The minimum atomic E-state index is -0.162. The third kappa shape index (κ3) is 4.58. The highest BCUT2D eigenvalue weighted by Crippen LogP contribution is 2.04. The molecule has 1 heterocycles. The predicted molar refractivity (Wildman–Crippen MR) is 82.1 cm³/mol. The van der Waals surface area contributed by atoms with E-state index in [1.165, 1.54) is 0 Å². The molecule has 1 aromatic rings. The molecule has 0 bridgehead atoms. The van der Waals surface area contributed by atoms with E-state index in [4.69, 9.17) is 0 Å². The number of rotatable bonds is 5. The lowest BCUT2D eigenvalue weighted by Crippen LogP contribution is -2.50. The predicted octanol–water partition coefficient (Wildman–Crippen LogP) is -0.0457. The second kappa shape index (κ2) is 7.59. The Morgan fingerprint density at radius 1 is 1.23 bits per heavy atom.